The number of ether oxygens (including phenoxy) is 1. The van der Waals surface area contributed by atoms with E-state index in [9.17, 15) is 15.0 Å². The van der Waals surface area contributed by atoms with Crippen molar-refractivity contribution in [3.05, 3.63) is 74.9 Å². The number of phenols is 1. The largest absolute Gasteiger partial charge is 0.507 e. The van der Waals surface area contributed by atoms with Crippen LogP contribution in [0.1, 0.15) is 11.1 Å². The van der Waals surface area contributed by atoms with Gasteiger partial charge in [0.2, 0.25) is 0 Å². The van der Waals surface area contributed by atoms with Crippen molar-refractivity contribution in [1.29, 1.82) is 0 Å². The first-order valence-corrected chi connectivity index (χ1v) is 9.15. The molecule has 0 saturated carbocycles. The lowest BCUT2D eigenvalue weighted by atomic mass is 10.1. The van der Waals surface area contributed by atoms with Gasteiger partial charge in [0.15, 0.2) is 0 Å². The molecule has 1 aliphatic rings. The van der Waals surface area contributed by atoms with Crippen LogP contribution in [0.2, 0.25) is 5.02 Å². The summed E-state index contributed by atoms with van der Waals surface area (Å²) in [5.74, 6) is -0.882. The summed E-state index contributed by atoms with van der Waals surface area (Å²) in [6.07, 6.45) is 1.59. The Labute approximate surface area is 165 Å². The van der Waals surface area contributed by atoms with Gasteiger partial charge in [0.25, 0.3) is 0 Å². The van der Waals surface area contributed by atoms with Crippen LogP contribution in [0, 0.1) is 6.92 Å². The molecule has 0 aromatic heterocycles. The van der Waals surface area contributed by atoms with Gasteiger partial charge < -0.3 is 14.9 Å². The number of benzene rings is 2. The lowest BCUT2D eigenvalue weighted by molar-refractivity contribution is -0.135. The molecule has 0 atom stereocenters. The second-order valence-electron chi connectivity index (χ2n) is 5.76. The van der Waals surface area contributed by atoms with E-state index in [1.54, 1.807) is 42.5 Å². The van der Waals surface area contributed by atoms with Crippen LogP contribution >= 0.6 is 23.4 Å². The van der Waals surface area contributed by atoms with Crippen molar-refractivity contribution in [2.45, 2.75) is 6.92 Å². The third kappa shape index (κ3) is 4.02. The number of para-hydroxylation sites is 1. The summed E-state index contributed by atoms with van der Waals surface area (Å²) in [5, 5.41) is 21.4. The van der Waals surface area contributed by atoms with E-state index in [-0.39, 0.29) is 22.1 Å². The molecular weight excluding hydrogens is 386 g/mol. The monoisotopic (exact) mass is 401 g/mol. The van der Waals surface area contributed by atoms with Crippen LogP contribution in [0.3, 0.4) is 0 Å². The topological polar surface area (TPSA) is 79.1 Å². The van der Waals surface area contributed by atoms with E-state index < -0.39 is 5.97 Å². The van der Waals surface area contributed by atoms with Crippen molar-refractivity contribution >= 4 is 46.1 Å². The van der Waals surface area contributed by atoms with Gasteiger partial charge in [-0.15, -0.1) is 0 Å². The first-order valence-electron chi connectivity index (χ1n) is 7.95. The van der Waals surface area contributed by atoms with Crippen LogP contribution in [0.4, 0.5) is 5.69 Å². The molecule has 0 unspecified atom stereocenters. The summed E-state index contributed by atoms with van der Waals surface area (Å²) < 4.78 is 4.78. The normalized spacial score (nSPS) is 17.0. The van der Waals surface area contributed by atoms with E-state index in [0.29, 0.717) is 21.2 Å². The molecule has 0 radical (unpaired) electrons. The molecule has 1 aliphatic heterocycles. The van der Waals surface area contributed by atoms with Gasteiger partial charge in [-0.1, -0.05) is 47.6 Å². The minimum Gasteiger partial charge on any atom is -0.507 e. The molecule has 27 heavy (non-hydrogen) atoms. The Hall–Kier alpha value is -2.70. The number of aryl methyl sites for hydroxylation is 1. The van der Waals surface area contributed by atoms with E-state index >= 15 is 0 Å². The second kappa shape index (κ2) is 7.90. The molecule has 0 spiro atoms. The highest BCUT2D eigenvalue weighted by Crippen LogP contribution is 2.41. The van der Waals surface area contributed by atoms with E-state index in [4.69, 9.17) is 16.3 Å². The molecule has 7 heteroatoms. The Morgan fingerprint density at radius 2 is 1.96 bits per heavy atom. The maximum atomic E-state index is 12.2. The smallest absolute Gasteiger partial charge is 0.344 e. The number of hydrogen-bond acceptors (Lipinski definition) is 6. The molecule has 0 aliphatic carbocycles. The Bertz CT molecular complexity index is 1010. The fourth-order valence-electron chi connectivity index (χ4n) is 2.46. The standard InChI is InChI=1S/C20H16ClNO4S/c1-11-7-8-12(15(23)9-11)10-16-18(24)17(20(25)26-2)19(27-16)22-14-6-4-3-5-13(14)21/h3-10,23-24H,1-2H3/b16-10+,22-19?. The molecule has 1 heterocycles. The number of aromatic hydroxyl groups is 1. The molecule has 0 amide bonds. The second-order valence-corrected chi connectivity index (χ2v) is 7.19. The van der Waals surface area contributed by atoms with Gasteiger partial charge in [0.05, 0.1) is 22.7 Å². The minimum atomic E-state index is -0.706. The van der Waals surface area contributed by atoms with Gasteiger partial charge in [-0.05, 0) is 36.8 Å². The zero-order valence-electron chi connectivity index (χ0n) is 14.6. The molecule has 2 N–H and O–H groups in total. The fraction of sp³-hybridized carbons (Fsp3) is 0.100. The van der Waals surface area contributed by atoms with Crippen molar-refractivity contribution in [1.82, 2.24) is 0 Å². The number of esters is 1. The predicted molar refractivity (Wildman–Crippen MR) is 109 cm³/mol. The van der Waals surface area contributed by atoms with E-state index in [2.05, 4.69) is 4.99 Å². The average molecular weight is 402 g/mol. The first kappa shape index (κ1) is 19.1. The van der Waals surface area contributed by atoms with Crippen LogP contribution < -0.4 is 0 Å². The maximum Gasteiger partial charge on any atom is 0.344 e. The number of rotatable bonds is 3. The third-order valence-corrected chi connectivity index (χ3v) is 5.17. The molecule has 3 rings (SSSR count). The molecule has 0 saturated heterocycles. The number of methoxy groups -OCH3 is 1. The van der Waals surface area contributed by atoms with E-state index in [0.717, 1.165) is 17.3 Å². The van der Waals surface area contributed by atoms with Gasteiger partial charge in [-0.25, -0.2) is 9.79 Å². The van der Waals surface area contributed by atoms with Crippen molar-refractivity contribution in [2.24, 2.45) is 4.99 Å². The zero-order chi connectivity index (χ0) is 19.6. The summed E-state index contributed by atoms with van der Waals surface area (Å²) in [6.45, 7) is 1.86. The lowest BCUT2D eigenvalue weighted by Gasteiger charge is -2.03. The number of carbonyl (C=O) groups excluding carboxylic acids is 1. The van der Waals surface area contributed by atoms with Crippen LogP contribution in [0.25, 0.3) is 6.08 Å². The lowest BCUT2D eigenvalue weighted by Crippen LogP contribution is -2.10. The summed E-state index contributed by atoms with van der Waals surface area (Å²) in [4.78, 5) is 17.0. The van der Waals surface area contributed by atoms with Gasteiger partial charge >= 0.3 is 5.97 Å². The number of aliphatic imine (C=N–C) groups is 1. The van der Waals surface area contributed by atoms with Crippen molar-refractivity contribution in [2.75, 3.05) is 7.11 Å². The molecule has 138 valence electrons. The average Bonchev–Trinajstić information content (AvgIpc) is 2.94. The number of thioether (sulfide) groups is 1. The molecular formula is C20H16ClNO4S. The number of aliphatic hydroxyl groups is 1. The summed E-state index contributed by atoms with van der Waals surface area (Å²) in [6, 6.07) is 12.1. The molecule has 0 fully saturated rings. The fourth-order valence-corrected chi connectivity index (χ4v) is 3.66. The minimum absolute atomic E-state index is 0.0414. The highest BCUT2D eigenvalue weighted by molar-refractivity contribution is 8.18. The van der Waals surface area contributed by atoms with Crippen LogP contribution in [-0.2, 0) is 9.53 Å². The van der Waals surface area contributed by atoms with Crippen LogP contribution in [-0.4, -0.2) is 28.3 Å². The Balaban J connectivity index is 2.09. The summed E-state index contributed by atoms with van der Waals surface area (Å²) in [5.41, 5.74) is 1.85. The van der Waals surface area contributed by atoms with Crippen LogP contribution in [0.5, 0.6) is 5.75 Å². The highest BCUT2D eigenvalue weighted by atomic mass is 35.5. The maximum absolute atomic E-state index is 12.2. The van der Waals surface area contributed by atoms with Gasteiger partial charge in [0, 0.05) is 5.56 Å². The van der Waals surface area contributed by atoms with Gasteiger partial charge in [0.1, 0.15) is 22.1 Å². The number of aliphatic hydroxyl groups excluding tert-OH is 1. The molecule has 0 bridgehead atoms. The molecule has 2 aromatic carbocycles. The quantitative estimate of drug-likeness (QED) is 0.694. The number of hydrogen-bond donors (Lipinski definition) is 2. The Morgan fingerprint density at radius 3 is 2.63 bits per heavy atom. The Kier molecular flexibility index (Phi) is 5.58. The summed E-state index contributed by atoms with van der Waals surface area (Å²) >= 11 is 7.24. The molecule has 5 nitrogen and oxygen atoms in total. The number of phenolic OH excluding ortho intramolecular Hbond substituents is 1. The van der Waals surface area contributed by atoms with Crippen molar-refractivity contribution in [3.63, 3.8) is 0 Å². The van der Waals surface area contributed by atoms with Crippen molar-refractivity contribution < 1.29 is 19.7 Å². The van der Waals surface area contributed by atoms with Gasteiger partial charge in [-0.3, -0.25) is 0 Å². The number of carbonyl (C=O) groups is 1. The third-order valence-electron chi connectivity index (χ3n) is 3.83. The summed E-state index contributed by atoms with van der Waals surface area (Å²) in [7, 11) is 1.23. The molecule has 2 aromatic rings. The van der Waals surface area contributed by atoms with Crippen LogP contribution in [0.15, 0.2) is 63.7 Å². The Morgan fingerprint density at radius 1 is 1.22 bits per heavy atom. The van der Waals surface area contributed by atoms with Crippen molar-refractivity contribution in [3.8, 4) is 5.75 Å². The number of halogens is 1. The van der Waals surface area contributed by atoms with E-state index in [1.807, 2.05) is 13.0 Å². The first-order chi connectivity index (χ1) is 12.9. The van der Waals surface area contributed by atoms with E-state index in [1.165, 1.54) is 7.11 Å². The highest BCUT2D eigenvalue weighted by Gasteiger charge is 2.33. The SMILES string of the molecule is COC(=O)C1=C(O)/C(=C\c2ccc(C)cc2O)SC1=Nc1ccccc1Cl. The predicted octanol–water partition coefficient (Wildman–Crippen LogP) is 5.16. The zero-order valence-corrected chi connectivity index (χ0v) is 16.1. The van der Waals surface area contributed by atoms with Gasteiger partial charge in [-0.2, -0.15) is 0 Å². The number of nitrogens with zero attached hydrogens (tertiary/aromatic N) is 1.